The molecular formula is C14H16N4O4S. The monoisotopic (exact) mass is 336 g/mol. The number of amides is 1. The number of carbonyl (C=O) groups excluding carboxylic acids is 1. The number of aromatic nitrogens is 2. The van der Waals surface area contributed by atoms with Crippen molar-refractivity contribution in [2.24, 2.45) is 0 Å². The third kappa shape index (κ3) is 4.54. The first-order valence-corrected chi connectivity index (χ1v) is 7.79. The first kappa shape index (κ1) is 17.0. The highest BCUT2D eigenvalue weighted by Gasteiger charge is 2.15. The third-order valence-electron chi connectivity index (χ3n) is 3.01. The Hall–Kier alpha value is -2.39. The van der Waals surface area contributed by atoms with Gasteiger partial charge in [-0.05, 0) is 26.0 Å². The lowest BCUT2D eigenvalue weighted by Crippen LogP contribution is -2.12. The zero-order chi connectivity index (χ0) is 16.8. The number of nitrogens with one attached hydrogen (secondary N) is 1. The predicted octanol–water partition coefficient (Wildman–Crippen LogP) is 2.59. The Bertz CT molecular complexity index is 717. The second kappa shape index (κ2) is 7.75. The van der Waals surface area contributed by atoms with E-state index < -0.39 is 4.92 Å². The van der Waals surface area contributed by atoms with Gasteiger partial charge in [0.25, 0.3) is 11.6 Å². The Morgan fingerprint density at radius 2 is 2.22 bits per heavy atom. The second-order valence-electron chi connectivity index (χ2n) is 4.66. The maximum absolute atomic E-state index is 12.2. The minimum Gasteiger partial charge on any atom is -0.381 e. The number of nitro benzene ring substituents is 1. The van der Waals surface area contributed by atoms with Crippen LogP contribution in [0.25, 0.3) is 0 Å². The summed E-state index contributed by atoms with van der Waals surface area (Å²) in [5, 5.41) is 22.5. The molecule has 0 fully saturated rings. The summed E-state index contributed by atoms with van der Waals surface area (Å²) in [4.78, 5) is 22.5. The van der Waals surface area contributed by atoms with Gasteiger partial charge < -0.3 is 4.74 Å². The van der Waals surface area contributed by atoms with Crippen molar-refractivity contribution in [3.05, 3.63) is 44.4 Å². The van der Waals surface area contributed by atoms with Crippen molar-refractivity contribution in [1.82, 2.24) is 10.2 Å². The molecule has 0 unspecified atom stereocenters. The van der Waals surface area contributed by atoms with Crippen LogP contribution in [0.3, 0.4) is 0 Å². The number of aryl methyl sites for hydroxylation is 1. The Kier molecular flexibility index (Phi) is 5.72. The Labute approximate surface area is 136 Å². The van der Waals surface area contributed by atoms with E-state index in [1.807, 2.05) is 6.92 Å². The molecule has 2 aromatic rings. The molecule has 1 amide bonds. The van der Waals surface area contributed by atoms with Gasteiger partial charge >= 0.3 is 0 Å². The van der Waals surface area contributed by atoms with Gasteiger partial charge in [0.05, 0.1) is 11.5 Å². The summed E-state index contributed by atoms with van der Waals surface area (Å²) < 4.78 is 5.24. The molecule has 0 aliphatic carbocycles. The first-order chi connectivity index (χ1) is 11.0. The summed E-state index contributed by atoms with van der Waals surface area (Å²) >= 11 is 1.28. The van der Waals surface area contributed by atoms with Crippen molar-refractivity contribution in [2.45, 2.75) is 20.3 Å². The third-order valence-corrected chi connectivity index (χ3v) is 3.91. The quantitative estimate of drug-likeness (QED) is 0.473. The van der Waals surface area contributed by atoms with Crippen molar-refractivity contribution in [1.29, 1.82) is 0 Å². The standard InChI is InChI=1S/C14H16N4O4S/c1-3-22-7-6-12-16-17-14(23-12)15-13(19)10-4-5-11(18(20)21)9(2)8-10/h4-5,8H,3,6-7H2,1-2H3,(H,15,17,19). The van der Waals surface area contributed by atoms with Crippen molar-refractivity contribution in [2.75, 3.05) is 18.5 Å². The molecule has 1 aromatic heterocycles. The zero-order valence-corrected chi connectivity index (χ0v) is 13.6. The number of anilines is 1. The van der Waals surface area contributed by atoms with Crippen molar-refractivity contribution in [3.63, 3.8) is 0 Å². The smallest absolute Gasteiger partial charge is 0.272 e. The highest BCUT2D eigenvalue weighted by molar-refractivity contribution is 7.15. The fourth-order valence-electron chi connectivity index (χ4n) is 1.88. The van der Waals surface area contributed by atoms with Crippen LogP contribution in [0.15, 0.2) is 18.2 Å². The molecule has 122 valence electrons. The average Bonchev–Trinajstić information content (AvgIpc) is 2.94. The minimum atomic E-state index is -0.480. The van der Waals surface area contributed by atoms with Gasteiger partial charge in [-0.2, -0.15) is 0 Å². The van der Waals surface area contributed by atoms with E-state index in [4.69, 9.17) is 4.74 Å². The maximum atomic E-state index is 12.2. The molecule has 1 aromatic carbocycles. The van der Waals surface area contributed by atoms with E-state index in [0.29, 0.717) is 35.9 Å². The summed E-state index contributed by atoms with van der Waals surface area (Å²) in [6, 6.07) is 4.21. The SMILES string of the molecule is CCOCCc1nnc(NC(=O)c2ccc([N+](=O)[O-])c(C)c2)s1. The van der Waals surface area contributed by atoms with Crippen LogP contribution in [0, 0.1) is 17.0 Å². The number of ether oxygens (including phenoxy) is 1. The van der Waals surface area contributed by atoms with Gasteiger partial charge in [0, 0.05) is 30.2 Å². The fraction of sp³-hybridized carbons (Fsp3) is 0.357. The summed E-state index contributed by atoms with van der Waals surface area (Å²) in [5.74, 6) is -0.379. The molecule has 2 rings (SSSR count). The van der Waals surface area contributed by atoms with E-state index in [-0.39, 0.29) is 11.6 Å². The molecule has 1 heterocycles. The molecule has 23 heavy (non-hydrogen) atoms. The topological polar surface area (TPSA) is 107 Å². The molecule has 0 saturated heterocycles. The summed E-state index contributed by atoms with van der Waals surface area (Å²) in [6.07, 6.45) is 0.637. The molecule has 0 atom stereocenters. The Morgan fingerprint density at radius 1 is 1.43 bits per heavy atom. The number of carbonyl (C=O) groups is 1. The summed E-state index contributed by atoms with van der Waals surface area (Å²) in [7, 11) is 0. The van der Waals surface area contributed by atoms with E-state index in [2.05, 4.69) is 15.5 Å². The predicted molar refractivity (Wildman–Crippen MR) is 85.9 cm³/mol. The molecule has 8 nitrogen and oxygen atoms in total. The first-order valence-electron chi connectivity index (χ1n) is 6.97. The van der Waals surface area contributed by atoms with E-state index in [0.717, 1.165) is 5.01 Å². The summed E-state index contributed by atoms with van der Waals surface area (Å²) in [6.45, 7) is 4.70. The van der Waals surface area contributed by atoms with Gasteiger partial charge in [0.2, 0.25) is 5.13 Å². The number of rotatable bonds is 7. The average molecular weight is 336 g/mol. The molecule has 9 heteroatoms. The molecule has 1 N–H and O–H groups in total. The van der Waals surface area contributed by atoms with Crippen molar-refractivity contribution >= 4 is 28.1 Å². The zero-order valence-electron chi connectivity index (χ0n) is 12.7. The lowest BCUT2D eigenvalue weighted by molar-refractivity contribution is -0.385. The van der Waals surface area contributed by atoms with Crippen molar-refractivity contribution in [3.8, 4) is 0 Å². The van der Waals surface area contributed by atoms with Crippen LogP contribution in [0.4, 0.5) is 10.8 Å². The van der Waals surface area contributed by atoms with Crippen LogP contribution < -0.4 is 5.32 Å². The molecule has 0 aliphatic heterocycles. The van der Waals surface area contributed by atoms with Crippen LogP contribution >= 0.6 is 11.3 Å². The number of nitrogens with zero attached hydrogens (tertiary/aromatic N) is 3. The van der Waals surface area contributed by atoms with Gasteiger partial charge in [-0.15, -0.1) is 10.2 Å². The van der Waals surface area contributed by atoms with Gasteiger partial charge in [0.1, 0.15) is 5.01 Å². The highest BCUT2D eigenvalue weighted by atomic mass is 32.1. The van der Waals surface area contributed by atoms with Crippen LogP contribution in [0.2, 0.25) is 0 Å². The molecule has 0 spiro atoms. The minimum absolute atomic E-state index is 0.0179. The molecule has 0 bridgehead atoms. The van der Waals surface area contributed by atoms with E-state index >= 15 is 0 Å². The summed E-state index contributed by atoms with van der Waals surface area (Å²) in [5.41, 5.74) is 0.743. The number of nitro groups is 1. The van der Waals surface area contributed by atoms with E-state index in [1.165, 1.54) is 29.5 Å². The lowest BCUT2D eigenvalue weighted by atomic mass is 10.1. The van der Waals surface area contributed by atoms with E-state index in [1.54, 1.807) is 6.92 Å². The van der Waals surface area contributed by atoms with Gasteiger partial charge in [0.15, 0.2) is 0 Å². The Morgan fingerprint density at radius 3 is 2.87 bits per heavy atom. The number of hydrogen-bond donors (Lipinski definition) is 1. The highest BCUT2D eigenvalue weighted by Crippen LogP contribution is 2.21. The van der Waals surface area contributed by atoms with Crippen molar-refractivity contribution < 1.29 is 14.5 Å². The largest absolute Gasteiger partial charge is 0.381 e. The normalized spacial score (nSPS) is 10.5. The van der Waals surface area contributed by atoms with Crippen LogP contribution in [-0.2, 0) is 11.2 Å². The number of benzene rings is 1. The van der Waals surface area contributed by atoms with E-state index in [9.17, 15) is 14.9 Å². The lowest BCUT2D eigenvalue weighted by Gasteiger charge is -2.03. The van der Waals surface area contributed by atoms with Crippen LogP contribution in [0.1, 0.15) is 27.9 Å². The van der Waals surface area contributed by atoms with Gasteiger partial charge in [-0.25, -0.2) is 0 Å². The van der Waals surface area contributed by atoms with Crippen LogP contribution in [-0.4, -0.2) is 34.2 Å². The molecular weight excluding hydrogens is 320 g/mol. The molecule has 0 aliphatic rings. The molecule has 0 radical (unpaired) electrons. The maximum Gasteiger partial charge on any atom is 0.272 e. The van der Waals surface area contributed by atoms with Gasteiger partial charge in [-0.3, -0.25) is 20.2 Å². The number of hydrogen-bond acceptors (Lipinski definition) is 7. The van der Waals surface area contributed by atoms with Gasteiger partial charge in [-0.1, -0.05) is 11.3 Å². The molecule has 0 saturated carbocycles. The second-order valence-corrected chi connectivity index (χ2v) is 5.72. The van der Waals surface area contributed by atoms with Crippen LogP contribution in [0.5, 0.6) is 0 Å². The fourth-order valence-corrected chi connectivity index (χ4v) is 2.60. The Balaban J connectivity index is 2.02.